The molecule has 6 nitrogen and oxygen atoms in total. The van der Waals surface area contributed by atoms with Gasteiger partial charge in [-0.2, -0.15) is 0 Å². The summed E-state index contributed by atoms with van der Waals surface area (Å²) >= 11 is 0. The summed E-state index contributed by atoms with van der Waals surface area (Å²) in [6, 6.07) is -0.179. The molecular weight excluding hydrogens is 252 g/mol. The molecule has 2 aliphatic rings. The lowest BCUT2D eigenvalue weighted by Gasteiger charge is -2.16. The third kappa shape index (κ3) is 3.16. The maximum atomic E-state index is 11.2. The minimum atomic E-state index is -2.88. The van der Waals surface area contributed by atoms with Crippen molar-refractivity contribution in [1.82, 2.24) is 10.9 Å². The third-order valence-electron chi connectivity index (χ3n) is 2.96. The average molecular weight is 268 g/mol. The fourth-order valence-electron chi connectivity index (χ4n) is 2.05. The van der Waals surface area contributed by atoms with Gasteiger partial charge < -0.3 is 0 Å². The molecule has 0 aliphatic carbocycles. The Balaban J connectivity index is 1.77. The van der Waals surface area contributed by atoms with Gasteiger partial charge in [0.15, 0.2) is 19.7 Å². The largest absolute Gasteiger partial charge is 0.253 e. The normalized spacial score (nSPS) is 36.5. The monoisotopic (exact) mass is 268 g/mol. The number of hydrazine groups is 1. The number of hydrogen-bond donors (Lipinski definition) is 2. The maximum Gasteiger partial charge on any atom is 0.151 e. The van der Waals surface area contributed by atoms with E-state index in [2.05, 4.69) is 10.9 Å². The average Bonchev–Trinajstić information content (AvgIpc) is 2.66. The first kappa shape index (κ1) is 12.3. The molecular formula is C8H16N2O4S2. The molecule has 2 heterocycles. The lowest BCUT2D eigenvalue weighted by Crippen LogP contribution is -2.47. The van der Waals surface area contributed by atoms with Crippen molar-refractivity contribution < 1.29 is 16.8 Å². The quantitative estimate of drug-likeness (QED) is 0.602. The summed E-state index contributed by atoms with van der Waals surface area (Å²) in [6.45, 7) is 0. The Labute approximate surface area is 95.6 Å². The number of nitrogens with one attached hydrogen (secondary N) is 2. The van der Waals surface area contributed by atoms with E-state index in [4.69, 9.17) is 0 Å². The Morgan fingerprint density at radius 2 is 1.12 bits per heavy atom. The van der Waals surface area contributed by atoms with E-state index in [0.717, 1.165) is 0 Å². The molecule has 8 heteroatoms. The van der Waals surface area contributed by atoms with Crippen LogP contribution in [0.2, 0.25) is 0 Å². The molecule has 0 aromatic carbocycles. The van der Waals surface area contributed by atoms with Crippen molar-refractivity contribution in [3.63, 3.8) is 0 Å². The van der Waals surface area contributed by atoms with Crippen molar-refractivity contribution >= 4 is 19.7 Å². The third-order valence-corrected chi connectivity index (χ3v) is 6.49. The Hall–Kier alpha value is -0.180. The number of sulfone groups is 2. The summed E-state index contributed by atoms with van der Waals surface area (Å²) < 4.78 is 44.7. The van der Waals surface area contributed by atoms with E-state index in [1.807, 2.05) is 0 Å². The highest BCUT2D eigenvalue weighted by Crippen LogP contribution is 2.13. The van der Waals surface area contributed by atoms with Gasteiger partial charge in [-0.05, 0) is 12.8 Å². The van der Waals surface area contributed by atoms with Gasteiger partial charge in [0.05, 0.1) is 23.0 Å². The lowest BCUT2D eigenvalue weighted by atomic mass is 10.2. The standard InChI is InChI=1S/C8H16N2O4S2/c11-15(12)3-1-7(5-15)9-10-8-2-4-16(13,14)6-8/h7-10H,1-6H2/t7-,8-/m1/s1. The highest BCUT2D eigenvalue weighted by atomic mass is 32.2. The smallest absolute Gasteiger partial charge is 0.151 e. The minimum Gasteiger partial charge on any atom is -0.253 e. The van der Waals surface area contributed by atoms with Gasteiger partial charge in [-0.3, -0.25) is 10.9 Å². The molecule has 2 saturated heterocycles. The van der Waals surface area contributed by atoms with Gasteiger partial charge in [0.1, 0.15) is 0 Å². The molecule has 2 fully saturated rings. The first-order valence-corrected chi connectivity index (χ1v) is 8.92. The second-order valence-electron chi connectivity index (χ2n) is 4.49. The Morgan fingerprint density at radius 1 is 0.750 bits per heavy atom. The molecule has 0 unspecified atom stereocenters. The molecule has 0 amide bonds. The molecule has 0 aromatic rings. The molecule has 2 rings (SSSR count). The van der Waals surface area contributed by atoms with E-state index in [-0.39, 0.29) is 35.1 Å². The van der Waals surface area contributed by atoms with Crippen molar-refractivity contribution in [2.75, 3.05) is 23.0 Å². The molecule has 0 saturated carbocycles. The summed E-state index contributed by atoms with van der Waals surface area (Å²) in [5.74, 6) is 0.712. The van der Waals surface area contributed by atoms with Gasteiger partial charge in [-0.25, -0.2) is 16.8 Å². The Kier molecular flexibility index (Phi) is 3.26. The van der Waals surface area contributed by atoms with Crippen LogP contribution in [-0.2, 0) is 19.7 Å². The Bertz CT molecular complexity index is 412. The van der Waals surface area contributed by atoms with Gasteiger partial charge in [0.2, 0.25) is 0 Å². The highest BCUT2D eigenvalue weighted by molar-refractivity contribution is 7.91. The first-order valence-electron chi connectivity index (χ1n) is 5.28. The molecule has 0 bridgehead atoms. The van der Waals surface area contributed by atoms with Gasteiger partial charge in [0.25, 0.3) is 0 Å². The van der Waals surface area contributed by atoms with Crippen LogP contribution in [0.25, 0.3) is 0 Å². The second kappa shape index (κ2) is 4.25. The van der Waals surface area contributed by atoms with E-state index >= 15 is 0 Å². The molecule has 0 spiro atoms. The molecule has 2 atom stereocenters. The van der Waals surface area contributed by atoms with Crippen molar-refractivity contribution in [2.45, 2.75) is 24.9 Å². The van der Waals surface area contributed by atoms with Crippen LogP contribution in [0.3, 0.4) is 0 Å². The van der Waals surface area contributed by atoms with Gasteiger partial charge in [0, 0.05) is 12.1 Å². The predicted molar refractivity (Wildman–Crippen MR) is 60.4 cm³/mol. The SMILES string of the molecule is O=S1(=O)CC[C@@H](NN[C@@H]2CCS(=O)(=O)C2)C1. The molecule has 16 heavy (non-hydrogen) atoms. The number of rotatable bonds is 3. The number of hydrogen-bond acceptors (Lipinski definition) is 6. The van der Waals surface area contributed by atoms with Crippen LogP contribution in [0.5, 0.6) is 0 Å². The summed E-state index contributed by atoms with van der Waals surface area (Å²) in [5.41, 5.74) is 5.85. The zero-order chi connectivity index (χ0) is 11.8. The van der Waals surface area contributed by atoms with Gasteiger partial charge >= 0.3 is 0 Å². The van der Waals surface area contributed by atoms with E-state index < -0.39 is 19.7 Å². The summed E-state index contributed by atoms with van der Waals surface area (Å²) in [4.78, 5) is 0. The van der Waals surface area contributed by atoms with Crippen molar-refractivity contribution in [2.24, 2.45) is 0 Å². The maximum absolute atomic E-state index is 11.2. The fraction of sp³-hybridized carbons (Fsp3) is 1.00. The predicted octanol–water partition coefficient (Wildman–Crippen LogP) is -1.55. The van der Waals surface area contributed by atoms with E-state index in [9.17, 15) is 16.8 Å². The zero-order valence-electron chi connectivity index (χ0n) is 8.85. The van der Waals surface area contributed by atoms with Crippen LogP contribution < -0.4 is 10.9 Å². The van der Waals surface area contributed by atoms with Crippen LogP contribution in [0.15, 0.2) is 0 Å². The van der Waals surface area contributed by atoms with Gasteiger partial charge in [-0.1, -0.05) is 0 Å². The van der Waals surface area contributed by atoms with Crippen molar-refractivity contribution in [3.8, 4) is 0 Å². The molecule has 0 aromatic heterocycles. The first-order chi connectivity index (χ1) is 7.36. The van der Waals surface area contributed by atoms with Crippen LogP contribution >= 0.6 is 0 Å². The van der Waals surface area contributed by atoms with E-state index in [1.54, 1.807) is 0 Å². The highest BCUT2D eigenvalue weighted by Gasteiger charge is 2.31. The summed E-state index contributed by atoms with van der Waals surface area (Å²) in [6.07, 6.45) is 1.18. The fourth-order valence-corrected chi connectivity index (χ4v) is 5.40. The minimum absolute atomic E-state index is 0.0895. The van der Waals surface area contributed by atoms with Crippen LogP contribution in [0, 0.1) is 0 Å². The molecule has 94 valence electrons. The van der Waals surface area contributed by atoms with Crippen molar-refractivity contribution in [3.05, 3.63) is 0 Å². The zero-order valence-corrected chi connectivity index (χ0v) is 10.5. The molecule has 2 N–H and O–H groups in total. The van der Waals surface area contributed by atoms with E-state index in [0.29, 0.717) is 12.8 Å². The van der Waals surface area contributed by atoms with Crippen LogP contribution in [-0.4, -0.2) is 51.9 Å². The van der Waals surface area contributed by atoms with Crippen LogP contribution in [0.4, 0.5) is 0 Å². The topological polar surface area (TPSA) is 92.3 Å². The Morgan fingerprint density at radius 3 is 1.38 bits per heavy atom. The van der Waals surface area contributed by atoms with Crippen LogP contribution in [0.1, 0.15) is 12.8 Å². The molecule has 0 radical (unpaired) electrons. The van der Waals surface area contributed by atoms with Gasteiger partial charge in [-0.15, -0.1) is 0 Å². The van der Waals surface area contributed by atoms with E-state index in [1.165, 1.54) is 0 Å². The summed E-state index contributed by atoms with van der Waals surface area (Å²) in [5, 5.41) is 0. The second-order valence-corrected chi connectivity index (χ2v) is 8.95. The van der Waals surface area contributed by atoms with Crippen molar-refractivity contribution in [1.29, 1.82) is 0 Å². The summed E-state index contributed by atoms with van der Waals surface area (Å²) in [7, 11) is -5.77. The lowest BCUT2D eigenvalue weighted by molar-refractivity contribution is 0.403. The molecule has 2 aliphatic heterocycles.